The molecule has 1 aliphatic heterocycles. The zero-order valence-corrected chi connectivity index (χ0v) is 13.8. The summed E-state index contributed by atoms with van der Waals surface area (Å²) in [5, 5.41) is 3.83. The molecule has 1 amide bonds. The number of nitrogens with one attached hydrogen (secondary N) is 1. The second kappa shape index (κ2) is 7.64. The van der Waals surface area contributed by atoms with Crippen LogP contribution in [0.1, 0.15) is 55.6 Å². The highest BCUT2D eigenvalue weighted by Gasteiger charge is 2.21. The van der Waals surface area contributed by atoms with Crippen molar-refractivity contribution in [1.29, 1.82) is 0 Å². The van der Waals surface area contributed by atoms with Crippen LogP contribution in [0.4, 0.5) is 10.9 Å². The molecule has 2 heterocycles. The molecule has 0 aliphatic carbocycles. The molecule has 1 aromatic heterocycles. The highest BCUT2D eigenvalue weighted by Crippen LogP contribution is 2.30. The van der Waals surface area contributed by atoms with Crippen LogP contribution in [-0.4, -0.2) is 30.5 Å². The maximum Gasteiger partial charge on any atom is 0.265 e. The van der Waals surface area contributed by atoms with E-state index in [2.05, 4.69) is 29.0 Å². The first-order chi connectivity index (χ1) is 10.1. The lowest BCUT2D eigenvalue weighted by atomic mass is 10.1. The number of amides is 1. The molecule has 0 saturated carbocycles. The number of rotatable bonds is 7. The first kappa shape index (κ1) is 16.1. The standard InChI is InChI=1S/C15H26N4OS/c1-11(2)7-3-4-8-17-14(20)12-13(16)18-15(21-12)19-9-5-6-10-19/h11H,3-10,16H2,1-2H3,(H,17,20). The molecule has 0 unspecified atom stereocenters. The number of hydrogen-bond acceptors (Lipinski definition) is 5. The van der Waals surface area contributed by atoms with E-state index >= 15 is 0 Å². The lowest BCUT2D eigenvalue weighted by Crippen LogP contribution is -2.24. The Morgan fingerprint density at radius 1 is 1.38 bits per heavy atom. The summed E-state index contributed by atoms with van der Waals surface area (Å²) >= 11 is 1.41. The lowest BCUT2D eigenvalue weighted by molar-refractivity contribution is 0.0957. The summed E-state index contributed by atoms with van der Waals surface area (Å²) in [6, 6.07) is 0. The highest BCUT2D eigenvalue weighted by molar-refractivity contribution is 7.18. The summed E-state index contributed by atoms with van der Waals surface area (Å²) in [4.78, 5) is 19.3. The van der Waals surface area contributed by atoms with Gasteiger partial charge in [0.05, 0.1) is 0 Å². The van der Waals surface area contributed by atoms with E-state index in [-0.39, 0.29) is 5.91 Å². The van der Waals surface area contributed by atoms with Crippen LogP contribution in [-0.2, 0) is 0 Å². The number of unbranched alkanes of at least 4 members (excludes halogenated alkanes) is 1. The smallest absolute Gasteiger partial charge is 0.265 e. The average Bonchev–Trinajstić information content (AvgIpc) is 3.06. The van der Waals surface area contributed by atoms with Gasteiger partial charge in [-0.15, -0.1) is 0 Å². The molecule has 0 spiro atoms. The van der Waals surface area contributed by atoms with E-state index in [1.165, 1.54) is 30.6 Å². The van der Waals surface area contributed by atoms with Crippen molar-refractivity contribution in [2.45, 2.75) is 46.0 Å². The van der Waals surface area contributed by atoms with Crippen molar-refractivity contribution >= 4 is 28.2 Å². The van der Waals surface area contributed by atoms with Gasteiger partial charge in [0.15, 0.2) is 5.13 Å². The van der Waals surface area contributed by atoms with E-state index in [9.17, 15) is 4.79 Å². The summed E-state index contributed by atoms with van der Waals surface area (Å²) in [5.41, 5.74) is 5.89. The number of nitrogens with two attached hydrogens (primary N) is 1. The quantitative estimate of drug-likeness (QED) is 0.760. The Balaban J connectivity index is 1.81. The Kier molecular flexibility index (Phi) is 5.85. The van der Waals surface area contributed by atoms with Gasteiger partial charge in [0, 0.05) is 19.6 Å². The van der Waals surface area contributed by atoms with E-state index in [1.807, 2.05) is 0 Å². The van der Waals surface area contributed by atoms with Crippen LogP contribution in [0.15, 0.2) is 0 Å². The molecule has 1 saturated heterocycles. The van der Waals surface area contributed by atoms with E-state index in [1.54, 1.807) is 0 Å². The molecule has 0 aromatic carbocycles. The van der Waals surface area contributed by atoms with Gasteiger partial charge in [-0.25, -0.2) is 4.98 Å². The van der Waals surface area contributed by atoms with Crippen molar-refractivity contribution in [3.8, 4) is 0 Å². The van der Waals surface area contributed by atoms with Crippen LogP contribution in [0.25, 0.3) is 0 Å². The number of hydrogen-bond donors (Lipinski definition) is 2. The fourth-order valence-electron chi connectivity index (χ4n) is 2.49. The van der Waals surface area contributed by atoms with Crippen molar-refractivity contribution < 1.29 is 4.79 Å². The Morgan fingerprint density at radius 2 is 2.10 bits per heavy atom. The molecule has 5 nitrogen and oxygen atoms in total. The van der Waals surface area contributed by atoms with Crippen LogP contribution in [0.5, 0.6) is 0 Å². The lowest BCUT2D eigenvalue weighted by Gasteiger charge is -2.11. The minimum atomic E-state index is -0.0833. The molecular formula is C15H26N4OS. The third-order valence-electron chi connectivity index (χ3n) is 3.72. The molecule has 3 N–H and O–H groups in total. The molecule has 21 heavy (non-hydrogen) atoms. The topological polar surface area (TPSA) is 71.2 Å². The molecule has 6 heteroatoms. The molecule has 118 valence electrons. The normalized spacial score (nSPS) is 14.9. The summed E-state index contributed by atoms with van der Waals surface area (Å²) in [7, 11) is 0. The number of carbonyl (C=O) groups excluding carboxylic acids is 1. The molecule has 1 aliphatic rings. The number of anilines is 2. The Morgan fingerprint density at radius 3 is 2.76 bits per heavy atom. The second-order valence-electron chi connectivity index (χ2n) is 6.05. The summed E-state index contributed by atoms with van der Waals surface area (Å²) in [6.45, 7) is 7.18. The molecule has 2 rings (SSSR count). The van der Waals surface area contributed by atoms with Crippen molar-refractivity contribution in [1.82, 2.24) is 10.3 Å². The minimum absolute atomic E-state index is 0.0833. The zero-order valence-electron chi connectivity index (χ0n) is 13.0. The van der Waals surface area contributed by atoms with Crippen LogP contribution in [0.3, 0.4) is 0 Å². The molecule has 0 bridgehead atoms. The predicted molar refractivity (Wildman–Crippen MR) is 89.0 cm³/mol. The minimum Gasteiger partial charge on any atom is -0.382 e. The molecule has 1 aromatic rings. The monoisotopic (exact) mass is 310 g/mol. The molecular weight excluding hydrogens is 284 g/mol. The number of nitrogens with zero attached hydrogens (tertiary/aromatic N) is 2. The van der Waals surface area contributed by atoms with Crippen molar-refractivity contribution in [3.63, 3.8) is 0 Å². The molecule has 1 fully saturated rings. The number of thiazole rings is 1. The van der Waals surface area contributed by atoms with Crippen LogP contribution < -0.4 is 16.0 Å². The van der Waals surface area contributed by atoms with Gasteiger partial charge in [-0.2, -0.15) is 0 Å². The van der Waals surface area contributed by atoms with Gasteiger partial charge in [0.25, 0.3) is 5.91 Å². The van der Waals surface area contributed by atoms with Gasteiger partial charge in [-0.1, -0.05) is 38.0 Å². The van der Waals surface area contributed by atoms with Gasteiger partial charge < -0.3 is 16.0 Å². The first-order valence-electron chi connectivity index (χ1n) is 7.87. The van der Waals surface area contributed by atoms with Gasteiger partial charge in [-0.3, -0.25) is 4.79 Å². The largest absolute Gasteiger partial charge is 0.382 e. The molecule has 0 radical (unpaired) electrons. The van der Waals surface area contributed by atoms with E-state index in [4.69, 9.17) is 5.73 Å². The van der Waals surface area contributed by atoms with Crippen molar-refractivity contribution in [2.24, 2.45) is 5.92 Å². The Labute approximate surface area is 130 Å². The van der Waals surface area contributed by atoms with Gasteiger partial charge >= 0.3 is 0 Å². The number of nitrogen functional groups attached to an aromatic ring is 1. The summed E-state index contributed by atoms with van der Waals surface area (Å²) in [5.74, 6) is 1.00. The van der Waals surface area contributed by atoms with Crippen LogP contribution in [0, 0.1) is 5.92 Å². The van der Waals surface area contributed by atoms with Gasteiger partial charge in [0.1, 0.15) is 10.7 Å². The third kappa shape index (κ3) is 4.59. The van der Waals surface area contributed by atoms with Crippen molar-refractivity contribution in [2.75, 3.05) is 30.3 Å². The van der Waals surface area contributed by atoms with Gasteiger partial charge in [-0.05, 0) is 25.2 Å². The maximum atomic E-state index is 12.2. The summed E-state index contributed by atoms with van der Waals surface area (Å²) < 4.78 is 0. The SMILES string of the molecule is CC(C)CCCCNC(=O)c1sc(N2CCCC2)nc1N. The fraction of sp³-hybridized carbons (Fsp3) is 0.733. The second-order valence-corrected chi connectivity index (χ2v) is 7.03. The molecule has 0 atom stereocenters. The fourth-order valence-corrected chi connectivity index (χ4v) is 3.44. The average molecular weight is 310 g/mol. The summed E-state index contributed by atoms with van der Waals surface area (Å²) in [6.07, 6.45) is 5.75. The number of carbonyl (C=O) groups is 1. The van der Waals surface area contributed by atoms with Crippen LogP contribution in [0.2, 0.25) is 0 Å². The van der Waals surface area contributed by atoms with Gasteiger partial charge in [0.2, 0.25) is 0 Å². The maximum absolute atomic E-state index is 12.2. The van der Waals surface area contributed by atoms with Crippen molar-refractivity contribution in [3.05, 3.63) is 4.88 Å². The highest BCUT2D eigenvalue weighted by atomic mass is 32.1. The van der Waals surface area contributed by atoms with E-state index < -0.39 is 0 Å². The Bertz CT molecular complexity index is 466. The van der Waals surface area contributed by atoms with Crippen LogP contribution >= 0.6 is 11.3 Å². The predicted octanol–water partition coefficient (Wildman–Crippen LogP) is 2.88. The zero-order chi connectivity index (χ0) is 15.2. The van der Waals surface area contributed by atoms with E-state index in [0.717, 1.165) is 37.0 Å². The number of aromatic nitrogens is 1. The third-order valence-corrected chi connectivity index (χ3v) is 4.85. The first-order valence-corrected chi connectivity index (χ1v) is 8.69. The van der Waals surface area contributed by atoms with E-state index in [0.29, 0.717) is 17.2 Å². The Hall–Kier alpha value is -1.30.